The first kappa shape index (κ1) is 15.8. The van der Waals surface area contributed by atoms with Crippen molar-refractivity contribution in [2.75, 3.05) is 0 Å². The second kappa shape index (κ2) is 5.50. The molecule has 118 valence electrons. The number of amides is 1. The summed E-state index contributed by atoms with van der Waals surface area (Å²) < 4.78 is 38.1. The molecular formula is C13H6ClF3N4OS. The molecule has 1 N–H and O–H groups in total. The summed E-state index contributed by atoms with van der Waals surface area (Å²) in [6.07, 6.45) is -3.30. The summed E-state index contributed by atoms with van der Waals surface area (Å²) in [5, 5.41) is 11.0. The molecule has 1 amide bonds. The Morgan fingerprint density at radius 3 is 2.52 bits per heavy atom. The highest BCUT2D eigenvalue weighted by Crippen LogP contribution is 2.35. The molecule has 0 spiro atoms. The van der Waals surface area contributed by atoms with Crippen molar-refractivity contribution in [2.24, 2.45) is 10.1 Å². The molecule has 1 aromatic carbocycles. The van der Waals surface area contributed by atoms with Crippen LogP contribution in [0, 0.1) is 5.41 Å². The van der Waals surface area contributed by atoms with Crippen LogP contribution in [0.5, 0.6) is 0 Å². The molecule has 0 atom stereocenters. The number of hydrogen-bond donors (Lipinski definition) is 1. The normalized spacial score (nSPS) is 19.8. The molecule has 0 saturated heterocycles. The minimum Gasteiger partial charge on any atom is -0.282 e. The van der Waals surface area contributed by atoms with Crippen molar-refractivity contribution >= 4 is 51.4 Å². The Kier molecular flexibility index (Phi) is 3.77. The Labute approximate surface area is 137 Å². The number of hydrogen-bond acceptors (Lipinski definition) is 4. The third-order valence-corrected chi connectivity index (χ3v) is 4.08. The lowest BCUT2D eigenvalue weighted by atomic mass is 10.1. The first-order valence-electron chi connectivity index (χ1n) is 6.09. The highest BCUT2D eigenvalue weighted by molar-refractivity contribution is 8.27. The molecule has 2 heterocycles. The fourth-order valence-corrected chi connectivity index (χ4v) is 2.72. The topological polar surface area (TPSA) is 68.9 Å². The molecule has 0 aliphatic carbocycles. The maximum Gasteiger partial charge on any atom is 0.441 e. The molecule has 2 aliphatic rings. The van der Waals surface area contributed by atoms with Gasteiger partial charge in [0.25, 0.3) is 5.91 Å². The number of halogens is 4. The Balaban J connectivity index is 1.97. The number of benzene rings is 1. The molecule has 10 heteroatoms. The third kappa shape index (κ3) is 3.02. The van der Waals surface area contributed by atoms with Crippen LogP contribution in [0.4, 0.5) is 13.2 Å². The zero-order valence-corrected chi connectivity index (χ0v) is 12.6. The lowest BCUT2D eigenvalue weighted by Crippen LogP contribution is -2.35. The number of rotatable bonds is 1. The summed E-state index contributed by atoms with van der Waals surface area (Å²) >= 11 is 5.97. The van der Waals surface area contributed by atoms with Gasteiger partial charge in [-0.15, -0.1) is 0 Å². The van der Waals surface area contributed by atoms with E-state index in [-0.39, 0.29) is 22.5 Å². The van der Waals surface area contributed by atoms with E-state index in [0.29, 0.717) is 15.6 Å². The van der Waals surface area contributed by atoms with Crippen molar-refractivity contribution in [3.8, 4) is 0 Å². The predicted molar refractivity (Wildman–Crippen MR) is 82.5 cm³/mol. The monoisotopic (exact) mass is 358 g/mol. The number of amidine groups is 2. The zero-order chi connectivity index (χ0) is 16.8. The molecule has 0 unspecified atom stereocenters. The van der Waals surface area contributed by atoms with E-state index >= 15 is 0 Å². The summed E-state index contributed by atoms with van der Waals surface area (Å²) in [5.74, 6) is -1.25. The molecule has 1 aromatic rings. The molecule has 0 fully saturated rings. The molecule has 0 aromatic heterocycles. The van der Waals surface area contributed by atoms with Gasteiger partial charge in [-0.1, -0.05) is 23.7 Å². The number of carbonyl (C=O) groups is 1. The van der Waals surface area contributed by atoms with Gasteiger partial charge in [0.2, 0.25) is 10.2 Å². The molecule has 2 aliphatic heterocycles. The largest absolute Gasteiger partial charge is 0.441 e. The number of fused-ring (bicyclic) bond motifs is 1. The Morgan fingerprint density at radius 1 is 1.26 bits per heavy atom. The summed E-state index contributed by atoms with van der Waals surface area (Å²) in [6.45, 7) is 0. The van der Waals surface area contributed by atoms with E-state index in [4.69, 9.17) is 17.0 Å². The zero-order valence-electron chi connectivity index (χ0n) is 11.1. The van der Waals surface area contributed by atoms with E-state index in [1.165, 1.54) is 6.08 Å². The average Bonchev–Trinajstić information content (AvgIpc) is 2.89. The molecule has 23 heavy (non-hydrogen) atoms. The van der Waals surface area contributed by atoms with Crippen LogP contribution in [-0.4, -0.2) is 33.1 Å². The number of alkyl halides is 3. The van der Waals surface area contributed by atoms with Crippen LogP contribution in [0.3, 0.4) is 0 Å². The van der Waals surface area contributed by atoms with E-state index in [2.05, 4.69) is 10.1 Å². The maximum absolute atomic E-state index is 12.7. The molecule has 0 bridgehead atoms. The van der Waals surface area contributed by atoms with Crippen LogP contribution >= 0.6 is 23.4 Å². The number of nitrogens with one attached hydrogen (secondary N) is 1. The minimum absolute atomic E-state index is 0.149. The van der Waals surface area contributed by atoms with Crippen LogP contribution < -0.4 is 0 Å². The van der Waals surface area contributed by atoms with Crippen LogP contribution in [0.1, 0.15) is 5.56 Å². The van der Waals surface area contributed by atoms with Gasteiger partial charge in [0.1, 0.15) is 0 Å². The fraction of sp³-hybridized carbons (Fsp3) is 0.0769. The van der Waals surface area contributed by atoms with E-state index in [1.54, 1.807) is 24.3 Å². The van der Waals surface area contributed by atoms with Crippen molar-refractivity contribution in [2.45, 2.75) is 6.18 Å². The Bertz CT molecular complexity index is 798. The van der Waals surface area contributed by atoms with Gasteiger partial charge in [-0.3, -0.25) is 10.2 Å². The number of hydrazone groups is 1. The van der Waals surface area contributed by atoms with Crippen LogP contribution in [0.25, 0.3) is 6.08 Å². The quantitative estimate of drug-likeness (QED) is 0.781. The average molecular weight is 359 g/mol. The lowest BCUT2D eigenvalue weighted by Gasteiger charge is -2.20. The Hall–Kier alpha value is -2.13. The van der Waals surface area contributed by atoms with Crippen molar-refractivity contribution in [3.05, 3.63) is 40.4 Å². The summed E-state index contributed by atoms with van der Waals surface area (Å²) in [4.78, 5) is 15.6. The molecular weight excluding hydrogens is 353 g/mol. The van der Waals surface area contributed by atoms with Gasteiger partial charge >= 0.3 is 6.18 Å². The minimum atomic E-state index is -4.66. The molecule has 0 radical (unpaired) electrons. The summed E-state index contributed by atoms with van der Waals surface area (Å²) in [6, 6.07) is 6.40. The predicted octanol–water partition coefficient (Wildman–Crippen LogP) is 3.52. The maximum atomic E-state index is 12.7. The second-order valence-electron chi connectivity index (χ2n) is 4.47. The van der Waals surface area contributed by atoms with E-state index in [1.807, 2.05) is 0 Å². The number of nitrogens with zero attached hydrogens (tertiary/aromatic N) is 3. The van der Waals surface area contributed by atoms with E-state index < -0.39 is 23.0 Å². The Morgan fingerprint density at radius 2 is 1.91 bits per heavy atom. The highest BCUT2D eigenvalue weighted by Gasteiger charge is 2.46. The number of carbonyl (C=O) groups excluding carboxylic acids is 1. The van der Waals surface area contributed by atoms with Gasteiger partial charge in [-0.25, -0.2) is 0 Å². The van der Waals surface area contributed by atoms with E-state index in [0.717, 1.165) is 0 Å². The van der Waals surface area contributed by atoms with Crippen molar-refractivity contribution < 1.29 is 18.0 Å². The molecule has 0 saturated carbocycles. The van der Waals surface area contributed by atoms with Gasteiger partial charge in [-0.05, 0) is 35.5 Å². The standard InChI is InChI=1S/C13H6ClF3N4OS/c14-7-3-1-6(2-4-7)5-8-9(18)21-12(19-10(8)22)23-11(20-21)13(15,16)17/h1-5,18H. The third-order valence-electron chi connectivity index (χ3n) is 2.88. The lowest BCUT2D eigenvalue weighted by molar-refractivity contribution is -0.114. The van der Waals surface area contributed by atoms with Gasteiger partial charge in [0.05, 0.1) is 5.57 Å². The summed E-state index contributed by atoms with van der Waals surface area (Å²) in [5.41, 5.74) is 0.414. The number of aliphatic imine (C=N–C) groups is 1. The summed E-state index contributed by atoms with van der Waals surface area (Å²) in [7, 11) is 0. The van der Waals surface area contributed by atoms with Gasteiger partial charge in [0, 0.05) is 5.02 Å². The SMILES string of the molecule is N=C1C(=Cc2ccc(Cl)cc2)C(=O)N=C2SC(C(F)(F)F)=NN12. The smallest absolute Gasteiger partial charge is 0.282 e. The highest BCUT2D eigenvalue weighted by atomic mass is 35.5. The van der Waals surface area contributed by atoms with Crippen molar-refractivity contribution in [1.29, 1.82) is 5.41 Å². The first-order chi connectivity index (χ1) is 10.8. The molecule has 3 rings (SSSR count). The number of thioether (sulfide) groups is 1. The van der Waals surface area contributed by atoms with Crippen LogP contribution in [0.2, 0.25) is 5.02 Å². The van der Waals surface area contributed by atoms with Crippen LogP contribution in [0.15, 0.2) is 39.9 Å². The van der Waals surface area contributed by atoms with Gasteiger partial charge in [-0.2, -0.15) is 28.3 Å². The van der Waals surface area contributed by atoms with Crippen molar-refractivity contribution in [1.82, 2.24) is 5.01 Å². The first-order valence-corrected chi connectivity index (χ1v) is 7.28. The van der Waals surface area contributed by atoms with Gasteiger partial charge in [0.15, 0.2) is 5.84 Å². The van der Waals surface area contributed by atoms with E-state index in [9.17, 15) is 18.0 Å². The van der Waals surface area contributed by atoms with Crippen LogP contribution in [-0.2, 0) is 4.79 Å². The second-order valence-corrected chi connectivity index (χ2v) is 5.87. The van der Waals surface area contributed by atoms with Gasteiger partial charge < -0.3 is 0 Å². The van der Waals surface area contributed by atoms with Crippen molar-refractivity contribution in [3.63, 3.8) is 0 Å². The molecule has 5 nitrogen and oxygen atoms in total. The fourth-order valence-electron chi connectivity index (χ4n) is 1.83.